The van der Waals surface area contributed by atoms with E-state index in [-0.39, 0.29) is 18.1 Å². The molecule has 0 saturated heterocycles. The molecule has 10 nitrogen and oxygen atoms in total. The van der Waals surface area contributed by atoms with Crippen LogP contribution in [-0.2, 0) is 40.6 Å². The average Bonchev–Trinajstić information content (AvgIpc) is 2.76. The second-order valence-electron chi connectivity index (χ2n) is 10.0. The molecule has 2 aromatic heterocycles. The first-order valence-electron chi connectivity index (χ1n) is 11.9. The Bertz CT molecular complexity index is 1200. The summed E-state index contributed by atoms with van der Waals surface area (Å²) in [6.45, 7) is 8.60. The normalized spacial score (nSPS) is 14.3. The van der Waals surface area contributed by atoms with Gasteiger partial charge in [0.25, 0.3) is 5.56 Å². The second-order valence-corrected chi connectivity index (χ2v) is 10.0. The maximum Gasteiger partial charge on any atom is 0.408 e. The molecule has 2 aromatic rings. The van der Waals surface area contributed by atoms with Gasteiger partial charge in [0, 0.05) is 30.4 Å². The lowest BCUT2D eigenvalue weighted by Crippen LogP contribution is -2.46. The van der Waals surface area contributed by atoms with Gasteiger partial charge >= 0.3 is 17.8 Å². The lowest BCUT2D eigenvalue weighted by molar-refractivity contribution is -0.150. The van der Waals surface area contributed by atoms with Crippen molar-refractivity contribution in [3.05, 3.63) is 56.1 Å². The molecule has 0 unspecified atom stereocenters. The van der Waals surface area contributed by atoms with E-state index in [1.165, 1.54) is 10.8 Å². The zero-order valence-electron chi connectivity index (χ0n) is 21.2. The van der Waals surface area contributed by atoms with Crippen LogP contribution >= 0.6 is 0 Å². The molecule has 1 amide bonds. The number of carbonyl (C=O) groups excluding carboxylic acids is 2. The Labute approximate surface area is 204 Å². The highest BCUT2D eigenvalue weighted by atomic mass is 16.6. The number of esters is 1. The highest BCUT2D eigenvalue weighted by Crippen LogP contribution is 2.17. The summed E-state index contributed by atoms with van der Waals surface area (Å²) in [5, 5.41) is 2.55. The van der Waals surface area contributed by atoms with Gasteiger partial charge in [-0.05, 0) is 72.4 Å². The van der Waals surface area contributed by atoms with Crippen molar-refractivity contribution < 1.29 is 19.1 Å². The van der Waals surface area contributed by atoms with Crippen molar-refractivity contribution in [2.75, 3.05) is 0 Å². The lowest BCUT2D eigenvalue weighted by atomic mass is 9.97. The number of alkyl carbamates (subject to hydrolysis) is 1. The molecular formula is C25H34N4O6. The average molecular weight is 487 g/mol. The number of aromatic nitrogens is 3. The summed E-state index contributed by atoms with van der Waals surface area (Å²) in [7, 11) is 1.68. The number of fused-ring (bicyclic) bond motifs is 1. The van der Waals surface area contributed by atoms with Gasteiger partial charge in [-0.2, -0.15) is 0 Å². The number of hydrogen-bond donors (Lipinski definition) is 1. The summed E-state index contributed by atoms with van der Waals surface area (Å²) in [6, 6.07) is 2.20. The topological polar surface area (TPSA) is 122 Å². The van der Waals surface area contributed by atoms with Crippen LogP contribution < -0.4 is 16.6 Å². The predicted molar refractivity (Wildman–Crippen MR) is 130 cm³/mol. The van der Waals surface area contributed by atoms with Crippen LogP contribution in [0.2, 0.25) is 0 Å². The molecule has 0 spiro atoms. The third kappa shape index (κ3) is 6.37. The van der Waals surface area contributed by atoms with Gasteiger partial charge in [-0.25, -0.2) is 19.0 Å². The summed E-state index contributed by atoms with van der Waals surface area (Å²) in [5.41, 5.74) is 0.808. The fourth-order valence-corrected chi connectivity index (χ4v) is 4.04. The second kappa shape index (κ2) is 10.5. The Hall–Kier alpha value is -3.43. The summed E-state index contributed by atoms with van der Waals surface area (Å²) < 4.78 is 13.2. The molecule has 0 bridgehead atoms. The van der Waals surface area contributed by atoms with Crippen molar-refractivity contribution in [2.24, 2.45) is 7.05 Å². The fraction of sp³-hybridized carbons (Fsp3) is 0.560. The summed E-state index contributed by atoms with van der Waals surface area (Å²) >= 11 is 0. The molecule has 3 rings (SSSR count). The van der Waals surface area contributed by atoms with E-state index < -0.39 is 29.4 Å². The van der Waals surface area contributed by atoms with E-state index in [4.69, 9.17) is 9.47 Å². The third-order valence-corrected chi connectivity index (χ3v) is 5.59. The Morgan fingerprint density at radius 1 is 1.14 bits per heavy atom. The molecule has 1 aliphatic carbocycles. The molecule has 35 heavy (non-hydrogen) atoms. The Morgan fingerprint density at radius 3 is 2.43 bits per heavy atom. The number of pyridine rings is 1. The van der Waals surface area contributed by atoms with Crippen molar-refractivity contribution in [2.45, 2.75) is 84.5 Å². The van der Waals surface area contributed by atoms with Crippen LogP contribution in [-0.4, -0.2) is 43.9 Å². The molecule has 0 aromatic carbocycles. The van der Waals surface area contributed by atoms with Gasteiger partial charge in [-0.3, -0.25) is 9.78 Å². The van der Waals surface area contributed by atoms with Gasteiger partial charge < -0.3 is 19.4 Å². The van der Waals surface area contributed by atoms with Crippen LogP contribution in [0.15, 0.2) is 27.9 Å². The zero-order chi connectivity index (χ0) is 25.9. The Kier molecular flexibility index (Phi) is 7.82. The molecule has 0 saturated carbocycles. The van der Waals surface area contributed by atoms with E-state index in [9.17, 15) is 19.2 Å². The molecule has 1 atom stereocenters. The van der Waals surface area contributed by atoms with Gasteiger partial charge in [-0.15, -0.1) is 0 Å². The fourth-order valence-electron chi connectivity index (χ4n) is 4.04. The minimum atomic E-state index is -1.02. The van der Waals surface area contributed by atoms with Gasteiger partial charge in [0.2, 0.25) is 0 Å². The van der Waals surface area contributed by atoms with Crippen LogP contribution in [0.4, 0.5) is 4.79 Å². The van der Waals surface area contributed by atoms with Crippen LogP contribution in [0, 0.1) is 0 Å². The SMILES string of the molecule is CC(C)OC(=O)[C@H](Cc1ccc(-n2c(=O)c3c(n(C)c2=O)CCCC3)cn1)NC(=O)OC(C)(C)C. The third-order valence-electron chi connectivity index (χ3n) is 5.59. The summed E-state index contributed by atoms with van der Waals surface area (Å²) in [6.07, 6.45) is 3.58. The van der Waals surface area contributed by atoms with Crippen LogP contribution in [0.25, 0.3) is 5.69 Å². The van der Waals surface area contributed by atoms with Crippen molar-refractivity contribution in [1.82, 2.24) is 19.4 Å². The number of carbonyl (C=O) groups is 2. The molecule has 1 N–H and O–H groups in total. The minimum absolute atomic E-state index is 0.0438. The van der Waals surface area contributed by atoms with Gasteiger partial charge in [0.15, 0.2) is 0 Å². The number of nitrogens with zero attached hydrogens (tertiary/aromatic N) is 3. The number of hydrogen-bond acceptors (Lipinski definition) is 7. The smallest absolute Gasteiger partial charge is 0.408 e. The van der Waals surface area contributed by atoms with E-state index >= 15 is 0 Å². The largest absolute Gasteiger partial charge is 0.461 e. The van der Waals surface area contributed by atoms with E-state index in [2.05, 4.69) is 10.3 Å². The first-order valence-corrected chi connectivity index (χ1v) is 11.9. The monoisotopic (exact) mass is 486 g/mol. The lowest BCUT2D eigenvalue weighted by Gasteiger charge is -2.23. The quantitative estimate of drug-likeness (QED) is 0.621. The maximum absolute atomic E-state index is 13.1. The van der Waals surface area contributed by atoms with Gasteiger partial charge in [-0.1, -0.05) is 0 Å². The van der Waals surface area contributed by atoms with Crippen LogP contribution in [0.5, 0.6) is 0 Å². The van der Waals surface area contributed by atoms with Crippen LogP contribution in [0.1, 0.15) is 64.4 Å². The van der Waals surface area contributed by atoms with Crippen molar-refractivity contribution >= 4 is 12.1 Å². The van der Waals surface area contributed by atoms with Crippen molar-refractivity contribution in [3.63, 3.8) is 0 Å². The molecule has 1 aliphatic rings. The number of ether oxygens (including phenoxy) is 2. The minimum Gasteiger partial charge on any atom is -0.461 e. The summed E-state index contributed by atoms with van der Waals surface area (Å²) in [5.74, 6) is -0.614. The first-order chi connectivity index (χ1) is 16.4. The van der Waals surface area contributed by atoms with Crippen LogP contribution in [0.3, 0.4) is 0 Å². The molecule has 10 heteroatoms. The highest BCUT2D eigenvalue weighted by molar-refractivity contribution is 5.81. The molecule has 0 radical (unpaired) electrons. The van der Waals surface area contributed by atoms with Crippen molar-refractivity contribution in [3.8, 4) is 5.69 Å². The predicted octanol–water partition coefficient (Wildman–Crippen LogP) is 2.20. The molecule has 190 valence electrons. The van der Waals surface area contributed by atoms with E-state index in [1.807, 2.05) is 0 Å². The molecule has 2 heterocycles. The number of nitrogens with one attached hydrogen (secondary N) is 1. The van der Waals surface area contributed by atoms with Gasteiger partial charge in [0.1, 0.15) is 11.6 Å². The summed E-state index contributed by atoms with van der Waals surface area (Å²) in [4.78, 5) is 55.2. The van der Waals surface area contributed by atoms with E-state index in [0.717, 1.165) is 23.1 Å². The molecular weight excluding hydrogens is 452 g/mol. The zero-order valence-corrected chi connectivity index (χ0v) is 21.2. The first kappa shape index (κ1) is 26.2. The number of amides is 1. The highest BCUT2D eigenvalue weighted by Gasteiger charge is 2.27. The molecule has 0 aliphatic heterocycles. The number of rotatable bonds is 6. The van der Waals surface area contributed by atoms with E-state index in [1.54, 1.807) is 53.8 Å². The molecule has 0 fully saturated rings. The van der Waals surface area contributed by atoms with Crippen molar-refractivity contribution in [1.29, 1.82) is 0 Å². The maximum atomic E-state index is 13.1. The standard InChI is InChI=1S/C25H34N4O6/c1-15(2)34-22(31)19(27-23(32)35-25(3,4)5)13-16-11-12-17(14-26-16)29-21(30)18-9-7-8-10-20(18)28(6)24(29)33/h11-12,14-15,19H,7-10,13H2,1-6H3,(H,27,32)/t19-/m0/s1. The Balaban J connectivity index is 1.87. The van der Waals surface area contributed by atoms with Gasteiger partial charge in [0.05, 0.1) is 18.0 Å². The van der Waals surface area contributed by atoms with E-state index in [0.29, 0.717) is 29.8 Å². The Morgan fingerprint density at radius 2 is 1.83 bits per heavy atom.